The Kier molecular flexibility index (Phi) is 4.72. The van der Waals surface area contributed by atoms with E-state index in [1.807, 2.05) is 16.6 Å². The van der Waals surface area contributed by atoms with Gasteiger partial charge >= 0.3 is 0 Å². The third-order valence-corrected chi connectivity index (χ3v) is 6.03. The Hall–Kier alpha value is -2.47. The van der Waals surface area contributed by atoms with E-state index in [0.717, 1.165) is 56.1 Å². The summed E-state index contributed by atoms with van der Waals surface area (Å²) in [6, 6.07) is 11.3. The predicted molar refractivity (Wildman–Crippen MR) is 108 cm³/mol. The van der Waals surface area contributed by atoms with E-state index in [0.29, 0.717) is 12.5 Å². The van der Waals surface area contributed by atoms with Gasteiger partial charge in [-0.05, 0) is 50.4 Å². The highest BCUT2D eigenvalue weighted by Crippen LogP contribution is 2.27. The van der Waals surface area contributed by atoms with E-state index in [9.17, 15) is 4.39 Å². The largest absolute Gasteiger partial charge is 0.370 e. The Morgan fingerprint density at radius 2 is 1.86 bits per heavy atom. The molecule has 28 heavy (non-hydrogen) atoms. The molecule has 0 spiro atoms. The maximum Gasteiger partial charge on any atom is 0.156 e. The molecule has 0 saturated carbocycles. The molecule has 0 radical (unpaired) electrons. The number of pyridine rings is 1. The van der Waals surface area contributed by atoms with Crippen LogP contribution >= 0.6 is 0 Å². The summed E-state index contributed by atoms with van der Waals surface area (Å²) in [6.07, 6.45) is 6.82. The fourth-order valence-corrected chi connectivity index (χ4v) is 4.50. The highest BCUT2D eigenvalue weighted by molar-refractivity contribution is 5.52. The molecule has 1 aromatic carbocycles. The first-order valence-corrected chi connectivity index (χ1v) is 10.3. The lowest BCUT2D eigenvalue weighted by Crippen LogP contribution is -2.34. The average molecular weight is 379 g/mol. The van der Waals surface area contributed by atoms with Crippen LogP contribution in [0.4, 0.5) is 10.1 Å². The summed E-state index contributed by atoms with van der Waals surface area (Å²) < 4.78 is 15.9. The Balaban J connectivity index is 1.33. The first-order valence-electron chi connectivity index (χ1n) is 10.3. The highest BCUT2D eigenvalue weighted by Gasteiger charge is 2.25. The van der Waals surface area contributed by atoms with Gasteiger partial charge in [0, 0.05) is 37.7 Å². The van der Waals surface area contributed by atoms with Crippen molar-refractivity contribution in [2.45, 2.75) is 38.1 Å². The summed E-state index contributed by atoms with van der Waals surface area (Å²) in [7, 11) is 0. The van der Waals surface area contributed by atoms with Crippen molar-refractivity contribution in [1.82, 2.24) is 19.5 Å². The van der Waals surface area contributed by atoms with Gasteiger partial charge < -0.3 is 4.90 Å². The van der Waals surface area contributed by atoms with E-state index in [-0.39, 0.29) is 5.82 Å². The molecule has 0 N–H and O–H groups in total. The highest BCUT2D eigenvalue weighted by atomic mass is 19.1. The monoisotopic (exact) mass is 379 g/mol. The van der Waals surface area contributed by atoms with Gasteiger partial charge in [-0.25, -0.2) is 13.9 Å². The van der Waals surface area contributed by atoms with Crippen LogP contribution < -0.4 is 4.90 Å². The maximum atomic E-state index is 14.0. The van der Waals surface area contributed by atoms with Crippen molar-refractivity contribution in [3.8, 4) is 0 Å². The maximum absolute atomic E-state index is 14.0. The lowest BCUT2D eigenvalue weighted by Gasteiger charge is -2.31. The molecule has 2 aliphatic rings. The lowest BCUT2D eigenvalue weighted by molar-refractivity contribution is 0.194. The van der Waals surface area contributed by atoms with Gasteiger partial charge in [0.1, 0.15) is 5.82 Å². The first kappa shape index (κ1) is 17.6. The number of aromatic nitrogens is 3. The smallest absolute Gasteiger partial charge is 0.156 e. The third kappa shape index (κ3) is 3.49. The zero-order chi connectivity index (χ0) is 18.9. The molecule has 0 amide bonds. The second-order valence-electron chi connectivity index (χ2n) is 8.02. The number of benzene rings is 1. The molecule has 2 aliphatic heterocycles. The number of halogens is 1. The van der Waals surface area contributed by atoms with Crippen LogP contribution in [0, 0.1) is 5.82 Å². The van der Waals surface area contributed by atoms with Crippen molar-refractivity contribution >= 4 is 11.3 Å². The van der Waals surface area contributed by atoms with Crippen molar-refractivity contribution in [2.75, 3.05) is 31.1 Å². The Morgan fingerprint density at radius 3 is 2.71 bits per heavy atom. The van der Waals surface area contributed by atoms with Gasteiger partial charge in [-0.3, -0.25) is 4.90 Å². The second kappa shape index (κ2) is 7.51. The number of piperidine rings is 1. The summed E-state index contributed by atoms with van der Waals surface area (Å²) in [5, 5.41) is 4.81. The molecule has 3 aromatic rings. The number of fused-ring (bicyclic) bond motifs is 1. The fourth-order valence-electron chi connectivity index (χ4n) is 4.50. The second-order valence-corrected chi connectivity index (χ2v) is 8.02. The van der Waals surface area contributed by atoms with Gasteiger partial charge in [0.25, 0.3) is 0 Å². The fraction of sp³-hybridized carbons (Fsp3) is 0.455. The average Bonchev–Trinajstić information content (AvgIpc) is 3.39. The molecule has 2 fully saturated rings. The van der Waals surface area contributed by atoms with Crippen molar-refractivity contribution < 1.29 is 4.39 Å². The van der Waals surface area contributed by atoms with Crippen molar-refractivity contribution in [2.24, 2.45) is 0 Å². The summed E-state index contributed by atoms with van der Waals surface area (Å²) in [6.45, 7) is 4.78. The van der Waals surface area contributed by atoms with Gasteiger partial charge in [0.15, 0.2) is 11.5 Å². The summed E-state index contributed by atoms with van der Waals surface area (Å²) in [4.78, 5) is 9.54. The van der Waals surface area contributed by atoms with E-state index in [4.69, 9.17) is 10.1 Å². The van der Waals surface area contributed by atoms with E-state index >= 15 is 0 Å². The molecule has 0 unspecified atom stereocenters. The van der Waals surface area contributed by atoms with Crippen LogP contribution in [-0.4, -0.2) is 45.7 Å². The van der Waals surface area contributed by atoms with Crippen LogP contribution in [0.25, 0.3) is 5.65 Å². The molecule has 146 valence electrons. The Labute approximate surface area is 164 Å². The molecule has 5 nitrogen and oxygen atoms in total. The molecule has 6 heteroatoms. The minimum Gasteiger partial charge on any atom is -0.370 e. The molecule has 4 heterocycles. The summed E-state index contributed by atoms with van der Waals surface area (Å²) >= 11 is 0. The van der Waals surface area contributed by atoms with E-state index < -0.39 is 0 Å². The van der Waals surface area contributed by atoms with Crippen molar-refractivity contribution in [3.63, 3.8) is 0 Å². The van der Waals surface area contributed by atoms with Crippen LogP contribution in [0.1, 0.15) is 43.0 Å². The molecular weight excluding hydrogens is 353 g/mol. The number of nitrogens with zero attached hydrogens (tertiary/aromatic N) is 5. The normalized spacial score (nSPS) is 20.9. The van der Waals surface area contributed by atoms with Gasteiger partial charge in [-0.2, -0.15) is 5.10 Å². The van der Waals surface area contributed by atoms with E-state index in [2.05, 4.69) is 28.1 Å². The van der Waals surface area contributed by atoms with Crippen LogP contribution in [-0.2, 0) is 6.54 Å². The predicted octanol–water partition coefficient (Wildman–Crippen LogP) is 3.85. The number of likely N-dealkylation sites (tertiary alicyclic amines) is 1. The van der Waals surface area contributed by atoms with Crippen molar-refractivity contribution in [3.05, 3.63) is 59.8 Å². The first-order chi connectivity index (χ1) is 13.8. The van der Waals surface area contributed by atoms with Gasteiger partial charge in [0.2, 0.25) is 0 Å². The third-order valence-electron chi connectivity index (χ3n) is 6.03. The van der Waals surface area contributed by atoms with Gasteiger partial charge in [-0.15, -0.1) is 0 Å². The molecule has 2 saturated heterocycles. The Bertz CT molecular complexity index is 962. The number of anilines is 1. The zero-order valence-corrected chi connectivity index (χ0v) is 16.1. The molecule has 1 atom stereocenters. The molecule has 5 rings (SSSR count). The molecule has 0 bridgehead atoms. The number of rotatable bonds is 4. The SMILES string of the molecule is Fc1ccccc1CN1CCC[C@H](c2nc3ccc(N4CCCC4)cn3n2)C1. The van der Waals surface area contributed by atoms with E-state index in [1.165, 1.54) is 18.5 Å². The summed E-state index contributed by atoms with van der Waals surface area (Å²) in [5.74, 6) is 1.09. The van der Waals surface area contributed by atoms with Crippen LogP contribution in [0.5, 0.6) is 0 Å². The minimum atomic E-state index is -0.120. The molecular formula is C22H26FN5. The summed E-state index contributed by atoms with van der Waals surface area (Å²) in [5.41, 5.74) is 2.90. The standard InChI is InChI=1S/C22H26FN5/c23-20-8-2-1-6-17(20)14-26-11-5-7-18(15-26)22-24-21-10-9-19(16-28(21)25-22)27-12-3-4-13-27/h1-2,6,8-10,16,18H,3-5,7,11-15H2/t18-/m0/s1. The van der Waals surface area contributed by atoms with Gasteiger partial charge in [0.05, 0.1) is 11.9 Å². The van der Waals surface area contributed by atoms with Crippen molar-refractivity contribution in [1.29, 1.82) is 0 Å². The molecule has 0 aliphatic carbocycles. The van der Waals surface area contributed by atoms with E-state index in [1.54, 1.807) is 12.1 Å². The lowest BCUT2D eigenvalue weighted by atomic mass is 9.97. The number of hydrogen-bond acceptors (Lipinski definition) is 4. The topological polar surface area (TPSA) is 36.7 Å². The molecule has 2 aromatic heterocycles. The minimum absolute atomic E-state index is 0.120. The number of hydrogen-bond donors (Lipinski definition) is 0. The van der Waals surface area contributed by atoms with Crippen LogP contribution in [0.3, 0.4) is 0 Å². The van der Waals surface area contributed by atoms with Crippen LogP contribution in [0.2, 0.25) is 0 Å². The quantitative estimate of drug-likeness (QED) is 0.690. The van der Waals surface area contributed by atoms with Crippen LogP contribution in [0.15, 0.2) is 42.6 Å². The Morgan fingerprint density at radius 1 is 1.00 bits per heavy atom. The van der Waals surface area contributed by atoms with Gasteiger partial charge in [-0.1, -0.05) is 18.2 Å². The zero-order valence-electron chi connectivity index (χ0n) is 16.1.